The molecule has 0 amide bonds. The Kier molecular flexibility index (Phi) is 5.38. The highest BCUT2D eigenvalue weighted by molar-refractivity contribution is 7.98. The summed E-state index contributed by atoms with van der Waals surface area (Å²) in [5.74, 6) is 0.527. The second kappa shape index (κ2) is 7.70. The van der Waals surface area contributed by atoms with Crippen LogP contribution in [0.5, 0.6) is 0 Å². The van der Waals surface area contributed by atoms with E-state index in [1.807, 2.05) is 36.5 Å². The monoisotopic (exact) mass is 355 g/mol. The second-order valence-corrected chi connectivity index (χ2v) is 7.04. The van der Waals surface area contributed by atoms with Crippen LogP contribution in [0.25, 0.3) is 11.0 Å². The average molecular weight is 355 g/mol. The molecule has 25 heavy (non-hydrogen) atoms. The van der Waals surface area contributed by atoms with E-state index in [0.717, 1.165) is 33.1 Å². The molecule has 0 fully saturated rings. The van der Waals surface area contributed by atoms with Gasteiger partial charge in [0.25, 0.3) is 0 Å². The number of rotatable bonds is 6. The molecule has 0 saturated heterocycles. The first-order valence-corrected chi connectivity index (χ1v) is 9.16. The fourth-order valence-electron chi connectivity index (χ4n) is 2.66. The highest BCUT2D eigenvalue weighted by atomic mass is 32.2. The van der Waals surface area contributed by atoms with Crippen molar-refractivity contribution in [2.45, 2.75) is 37.2 Å². The van der Waals surface area contributed by atoms with E-state index < -0.39 is 0 Å². The van der Waals surface area contributed by atoms with E-state index in [2.05, 4.69) is 34.6 Å². The largest absolute Gasteiger partial charge is 0.469 e. The normalized spacial score (nSPS) is 11.2. The average Bonchev–Trinajstić information content (AvgIpc) is 3.03. The first-order chi connectivity index (χ1) is 12.1. The lowest BCUT2D eigenvalue weighted by atomic mass is 10.1. The Balaban J connectivity index is 1.70. The van der Waals surface area contributed by atoms with Crippen molar-refractivity contribution in [2.24, 2.45) is 0 Å². The summed E-state index contributed by atoms with van der Waals surface area (Å²) in [6, 6.07) is 10.4. The van der Waals surface area contributed by atoms with Crippen LogP contribution in [0.2, 0.25) is 0 Å². The summed E-state index contributed by atoms with van der Waals surface area (Å²) in [7, 11) is 1.40. The van der Waals surface area contributed by atoms with Crippen molar-refractivity contribution in [3.63, 3.8) is 0 Å². The van der Waals surface area contributed by atoms with Gasteiger partial charge in [0, 0.05) is 18.0 Å². The number of methoxy groups -OCH3 is 1. The minimum Gasteiger partial charge on any atom is -0.469 e. The van der Waals surface area contributed by atoms with E-state index in [-0.39, 0.29) is 5.97 Å². The van der Waals surface area contributed by atoms with Crippen LogP contribution in [0, 0.1) is 0 Å². The lowest BCUT2D eigenvalue weighted by Crippen LogP contribution is -2.04. The third kappa shape index (κ3) is 4.20. The summed E-state index contributed by atoms with van der Waals surface area (Å²) in [4.78, 5) is 20.5. The number of aromatic nitrogens is 3. The van der Waals surface area contributed by atoms with Gasteiger partial charge in [-0.1, -0.05) is 36.0 Å². The number of esters is 1. The SMILES string of the molecule is COC(=O)Cc1cccc(CSc2ncc3c(ccn3C(C)C)n2)c1. The molecule has 3 aromatic rings. The quantitative estimate of drug-likeness (QED) is 0.380. The van der Waals surface area contributed by atoms with Crippen LogP contribution >= 0.6 is 11.8 Å². The van der Waals surface area contributed by atoms with Gasteiger partial charge in [-0.05, 0) is 31.0 Å². The topological polar surface area (TPSA) is 57.0 Å². The third-order valence-electron chi connectivity index (χ3n) is 3.94. The van der Waals surface area contributed by atoms with Crippen molar-refractivity contribution in [2.75, 3.05) is 7.11 Å². The predicted octanol–water partition coefficient (Wildman–Crippen LogP) is 4.02. The summed E-state index contributed by atoms with van der Waals surface area (Å²) < 4.78 is 6.88. The maximum absolute atomic E-state index is 11.4. The zero-order chi connectivity index (χ0) is 17.8. The van der Waals surface area contributed by atoms with Crippen molar-refractivity contribution < 1.29 is 9.53 Å². The molecule has 6 heteroatoms. The molecule has 0 bridgehead atoms. The van der Waals surface area contributed by atoms with E-state index in [1.165, 1.54) is 7.11 Å². The van der Waals surface area contributed by atoms with E-state index in [0.29, 0.717) is 12.5 Å². The van der Waals surface area contributed by atoms with Crippen LogP contribution in [0.3, 0.4) is 0 Å². The smallest absolute Gasteiger partial charge is 0.309 e. The van der Waals surface area contributed by atoms with E-state index in [9.17, 15) is 4.79 Å². The van der Waals surface area contributed by atoms with E-state index in [1.54, 1.807) is 11.8 Å². The van der Waals surface area contributed by atoms with Crippen LogP contribution in [-0.4, -0.2) is 27.6 Å². The van der Waals surface area contributed by atoms with Gasteiger partial charge in [-0.3, -0.25) is 4.79 Å². The Morgan fingerprint density at radius 1 is 1.28 bits per heavy atom. The number of fused-ring (bicyclic) bond motifs is 1. The molecule has 0 aliphatic carbocycles. The van der Waals surface area contributed by atoms with Gasteiger partial charge < -0.3 is 9.30 Å². The standard InChI is InChI=1S/C19H21N3O2S/c1-13(2)22-8-7-16-17(22)11-20-19(21-16)25-12-15-6-4-5-14(9-15)10-18(23)24-3/h4-9,11,13H,10,12H2,1-3H3. The summed E-state index contributed by atoms with van der Waals surface area (Å²) in [5.41, 5.74) is 4.11. The van der Waals surface area contributed by atoms with Crippen molar-refractivity contribution in [1.82, 2.24) is 14.5 Å². The minimum absolute atomic E-state index is 0.228. The summed E-state index contributed by atoms with van der Waals surface area (Å²) in [6.07, 6.45) is 4.23. The molecule has 3 rings (SSSR count). The van der Waals surface area contributed by atoms with Gasteiger partial charge in [0.2, 0.25) is 0 Å². The molecule has 2 heterocycles. The maximum atomic E-state index is 11.4. The Morgan fingerprint density at radius 3 is 2.84 bits per heavy atom. The number of thioether (sulfide) groups is 1. The lowest BCUT2D eigenvalue weighted by Gasteiger charge is -2.08. The maximum Gasteiger partial charge on any atom is 0.309 e. The zero-order valence-corrected chi connectivity index (χ0v) is 15.4. The second-order valence-electron chi connectivity index (χ2n) is 6.10. The molecule has 0 radical (unpaired) electrons. The first kappa shape index (κ1) is 17.5. The minimum atomic E-state index is -0.228. The van der Waals surface area contributed by atoms with Gasteiger partial charge in [0.05, 0.1) is 30.8 Å². The molecule has 0 atom stereocenters. The number of benzene rings is 1. The Morgan fingerprint density at radius 2 is 2.08 bits per heavy atom. The Bertz CT molecular complexity index is 889. The Hall–Kier alpha value is -2.34. The molecule has 0 spiro atoms. The van der Waals surface area contributed by atoms with Crippen LogP contribution in [0.1, 0.15) is 31.0 Å². The van der Waals surface area contributed by atoms with Gasteiger partial charge in [-0.2, -0.15) is 0 Å². The highest BCUT2D eigenvalue weighted by Crippen LogP contribution is 2.24. The van der Waals surface area contributed by atoms with Crippen molar-refractivity contribution in [3.8, 4) is 0 Å². The molecule has 5 nitrogen and oxygen atoms in total. The van der Waals surface area contributed by atoms with Crippen molar-refractivity contribution in [1.29, 1.82) is 0 Å². The molecule has 130 valence electrons. The number of hydrogen-bond donors (Lipinski definition) is 0. The predicted molar refractivity (Wildman–Crippen MR) is 99.6 cm³/mol. The number of hydrogen-bond acceptors (Lipinski definition) is 5. The number of carbonyl (C=O) groups is 1. The molecule has 0 N–H and O–H groups in total. The van der Waals surface area contributed by atoms with Gasteiger partial charge in [0.15, 0.2) is 5.16 Å². The van der Waals surface area contributed by atoms with Gasteiger partial charge in [-0.25, -0.2) is 9.97 Å². The fraction of sp³-hybridized carbons (Fsp3) is 0.316. The van der Waals surface area contributed by atoms with Crippen LogP contribution in [0.4, 0.5) is 0 Å². The van der Waals surface area contributed by atoms with Gasteiger partial charge in [0.1, 0.15) is 0 Å². The molecule has 2 aromatic heterocycles. The first-order valence-electron chi connectivity index (χ1n) is 8.18. The van der Waals surface area contributed by atoms with E-state index >= 15 is 0 Å². The Labute approximate surface area is 151 Å². The lowest BCUT2D eigenvalue weighted by molar-refractivity contribution is -0.139. The van der Waals surface area contributed by atoms with Gasteiger partial charge >= 0.3 is 5.97 Å². The highest BCUT2D eigenvalue weighted by Gasteiger charge is 2.08. The zero-order valence-electron chi connectivity index (χ0n) is 14.6. The summed E-state index contributed by atoms with van der Waals surface area (Å²) in [5, 5.41) is 0.757. The number of ether oxygens (including phenoxy) is 1. The number of carbonyl (C=O) groups excluding carboxylic acids is 1. The molecule has 0 saturated carbocycles. The van der Waals surface area contributed by atoms with Crippen LogP contribution in [0.15, 0.2) is 47.9 Å². The van der Waals surface area contributed by atoms with Crippen LogP contribution < -0.4 is 0 Å². The molecule has 0 unspecified atom stereocenters. The molecule has 0 aliphatic heterocycles. The third-order valence-corrected chi connectivity index (χ3v) is 4.87. The molecular formula is C19H21N3O2S. The van der Waals surface area contributed by atoms with Crippen molar-refractivity contribution >= 4 is 28.8 Å². The summed E-state index contributed by atoms with van der Waals surface area (Å²) in [6.45, 7) is 4.28. The molecule has 1 aromatic carbocycles. The number of nitrogens with zero attached hydrogens (tertiary/aromatic N) is 3. The van der Waals surface area contributed by atoms with E-state index in [4.69, 9.17) is 4.74 Å². The molecule has 0 aliphatic rings. The van der Waals surface area contributed by atoms with Crippen LogP contribution in [-0.2, 0) is 21.7 Å². The fourth-order valence-corrected chi connectivity index (χ4v) is 3.43. The van der Waals surface area contributed by atoms with Crippen molar-refractivity contribution in [3.05, 3.63) is 53.9 Å². The summed E-state index contributed by atoms with van der Waals surface area (Å²) >= 11 is 1.59. The van der Waals surface area contributed by atoms with Gasteiger partial charge in [-0.15, -0.1) is 0 Å². The molecular weight excluding hydrogens is 334 g/mol.